The van der Waals surface area contributed by atoms with Crippen LogP contribution in [0.3, 0.4) is 0 Å². The molecular weight excluding hydrogens is 166 g/mol. The Hall–Kier alpha value is -1.69. The lowest BCUT2D eigenvalue weighted by atomic mass is 10.3. The van der Waals surface area contributed by atoms with Crippen molar-refractivity contribution >= 4 is 0 Å². The van der Waals surface area contributed by atoms with Gasteiger partial charge >= 0.3 is 0 Å². The first-order chi connectivity index (χ1) is 6.26. The van der Waals surface area contributed by atoms with Gasteiger partial charge in [-0.05, 0) is 18.6 Å². The molecule has 3 heteroatoms. The number of rotatable bonds is 3. The van der Waals surface area contributed by atoms with E-state index in [0.717, 1.165) is 0 Å². The van der Waals surface area contributed by atoms with Crippen molar-refractivity contribution in [1.82, 2.24) is 0 Å². The molecule has 0 aliphatic heterocycles. The Morgan fingerprint density at radius 1 is 1.62 bits per heavy atom. The summed E-state index contributed by atoms with van der Waals surface area (Å²) >= 11 is 0. The topological polar surface area (TPSA) is 53.2 Å². The second-order valence-corrected chi connectivity index (χ2v) is 2.64. The van der Waals surface area contributed by atoms with Crippen LogP contribution in [-0.2, 0) is 0 Å². The number of phenolic OH excluding ortho intramolecular Hbond substituents is 1. The van der Waals surface area contributed by atoms with E-state index in [1.54, 1.807) is 18.2 Å². The molecule has 0 bridgehead atoms. The standard InChI is InChI=1S/C10H11NO2/c1-2-9(7-11)13-10-5-3-4-8(12)6-10/h3-6,9,12H,2H2,1H3. The minimum Gasteiger partial charge on any atom is -0.508 e. The van der Waals surface area contributed by atoms with E-state index in [0.29, 0.717) is 12.2 Å². The fourth-order valence-corrected chi connectivity index (χ4v) is 0.922. The van der Waals surface area contributed by atoms with Gasteiger partial charge in [0, 0.05) is 6.07 Å². The van der Waals surface area contributed by atoms with Crippen LogP contribution in [0.15, 0.2) is 24.3 Å². The molecule has 1 N–H and O–H groups in total. The van der Waals surface area contributed by atoms with E-state index in [1.165, 1.54) is 6.07 Å². The maximum atomic E-state index is 9.11. The highest BCUT2D eigenvalue weighted by Crippen LogP contribution is 2.19. The molecule has 0 fully saturated rings. The fraction of sp³-hybridized carbons (Fsp3) is 0.300. The largest absolute Gasteiger partial charge is 0.508 e. The van der Waals surface area contributed by atoms with Crippen LogP contribution in [-0.4, -0.2) is 11.2 Å². The van der Waals surface area contributed by atoms with Crippen LogP contribution in [0.2, 0.25) is 0 Å². The first-order valence-electron chi connectivity index (χ1n) is 4.11. The van der Waals surface area contributed by atoms with Crippen molar-refractivity contribution in [3.63, 3.8) is 0 Å². The predicted molar refractivity (Wildman–Crippen MR) is 48.4 cm³/mol. The van der Waals surface area contributed by atoms with Crippen LogP contribution < -0.4 is 4.74 Å². The molecule has 0 spiro atoms. The first-order valence-corrected chi connectivity index (χ1v) is 4.11. The summed E-state index contributed by atoms with van der Waals surface area (Å²) in [5, 5.41) is 17.7. The maximum Gasteiger partial charge on any atom is 0.184 e. The van der Waals surface area contributed by atoms with Crippen molar-refractivity contribution in [2.45, 2.75) is 19.4 Å². The average Bonchev–Trinajstić information content (AvgIpc) is 2.14. The number of hydrogen-bond acceptors (Lipinski definition) is 3. The van der Waals surface area contributed by atoms with Gasteiger partial charge in [-0.1, -0.05) is 13.0 Å². The van der Waals surface area contributed by atoms with Gasteiger partial charge < -0.3 is 9.84 Å². The molecule has 1 aromatic carbocycles. The van der Waals surface area contributed by atoms with Gasteiger partial charge in [-0.25, -0.2) is 0 Å². The van der Waals surface area contributed by atoms with Gasteiger partial charge in [0.1, 0.15) is 17.6 Å². The van der Waals surface area contributed by atoms with Gasteiger partial charge in [0.05, 0.1) is 0 Å². The Morgan fingerprint density at radius 3 is 2.92 bits per heavy atom. The summed E-state index contributed by atoms with van der Waals surface area (Å²) in [6.45, 7) is 1.87. The third-order valence-corrected chi connectivity index (χ3v) is 1.61. The van der Waals surface area contributed by atoms with Crippen molar-refractivity contribution in [3.8, 4) is 17.6 Å². The molecule has 3 nitrogen and oxygen atoms in total. The second kappa shape index (κ2) is 4.36. The van der Waals surface area contributed by atoms with E-state index in [2.05, 4.69) is 0 Å². The Bertz CT molecular complexity index is 317. The van der Waals surface area contributed by atoms with Gasteiger partial charge in [-0.15, -0.1) is 0 Å². The Morgan fingerprint density at radius 2 is 2.38 bits per heavy atom. The molecule has 1 unspecified atom stereocenters. The summed E-state index contributed by atoms with van der Waals surface area (Å²) in [5.41, 5.74) is 0. The quantitative estimate of drug-likeness (QED) is 0.768. The lowest BCUT2D eigenvalue weighted by Crippen LogP contribution is -2.11. The van der Waals surface area contributed by atoms with Gasteiger partial charge in [0.25, 0.3) is 0 Å². The second-order valence-electron chi connectivity index (χ2n) is 2.64. The molecule has 0 saturated heterocycles. The van der Waals surface area contributed by atoms with E-state index in [-0.39, 0.29) is 5.75 Å². The molecular formula is C10H11NO2. The minimum absolute atomic E-state index is 0.144. The molecule has 0 radical (unpaired) electrons. The normalized spacial score (nSPS) is 11.7. The highest BCUT2D eigenvalue weighted by Gasteiger charge is 2.05. The zero-order valence-electron chi connectivity index (χ0n) is 7.40. The van der Waals surface area contributed by atoms with Crippen molar-refractivity contribution < 1.29 is 9.84 Å². The average molecular weight is 177 g/mol. The number of hydrogen-bond donors (Lipinski definition) is 1. The Balaban J connectivity index is 2.69. The number of nitrogens with zero attached hydrogens (tertiary/aromatic N) is 1. The molecule has 0 aromatic heterocycles. The van der Waals surface area contributed by atoms with Crippen molar-refractivity contribution in [2.75, 3.05) is 0 Å². The van der Waals surface area contributed by atoms with E-state index in [1.807, 2.05) is 13.0 Å². The van der Waals surface area contributed by atoms with Crippen LogP contribution in [0, 0.1) is 11.3 Å². The predicted octanol–water partition coefficient (Wildman–Crippen LogP) is 2.07. The van der Waals surface area contributed by atoms with Crippen LogP contribution in [0.1, 0.15) is 13.3 Å². The molecule has 0 amide bonds. The SMILES string of the molecule is CCC(C#N)Oc1cccc(O)c1. The molecule has 13 heavy (non-hydrogen) atoms. The zero-order valence-corrected chi connectivity index (χ0v) is 7.40. The lowest BCUT2D eigenvalue weighted by Gasteiger charge is -2.09. The van der Waals surface area contributed by atoms with Crippen molar-refractivity contribution in [3.05, 3.63) is 24.3 Å². The summed E-state index contributed by atoms with van der Waals surface area (Å²) in [5.74, 6) is 0.665. The van der Waals surface area contributed by atoms with E-state index in [4.69, 9.17) is 15.1 Å². The molecule has 1 aromatic rings. The van der Waals surface area contributed by atoms with Crippen LogP contribution in [0.25, 0.3) is 0 Å². The summed E-state index contributed by atoms with van der Waals surface area (Å²) in [7, 11) is 0. The van der Waals surface area contributed by atoms with Gasteiger partial charge in [0.15, 0.2) is 6.10 Å². The number of ether oxygens (including phenoxy) is 1. The molecule has 1 rings (SSSR count). The van der Waals surface area contributed by atoms with Crippen molar-refractivity contribution in [2.24, 2.45) is 0 Å². The Labute approximate surface area is 77.2 Å². The van der Waals surface area contributed by atoms with Crippen molar-refractivity contribution in [1.29, 1.82) is 5.26 Å². The Kier molecular flexibility index (Phi) is 3.15. The fourth-order valence-electron chi connectivity index (χ4n) is 0.922. The summed E-state index contributed by atoms with van der Waals surface area (Å²) in [6, 6.07) is 8.44. The highest BCUT2D eigenvalue weighted by atomic mass is 16.5. The van der Waals surface area contributed by atoms with E-state index in [9.17, 15) is 0 Å². The van der Waals surface area contributed by atoms with Gasteiger partial charge in [-0.3, -0.25) is 0 Å². The van der Waals surface area contributed by atoms with Crippen LogP contribution >= 0.6 is 0 Å². The first kappa shape index (κ1) is 9.40. The van der Waals surface area contributed by atoms with Gasteiger partial charge in [-0.2, -0.15) is 5.26 Å². The van der Waals surface area contributed by atoms with Crippen LogP contribution in [0.4, 0.5) is 0 Å². The smallest absolute Gasteiger partial charge is 0.184 e. The maximum absolute atomic E-state index is 9.11. The molecule has 0 aliphatic carbocycles. The molecule has 1 atom stereocenters. The molecule has 0 saturated carbocycles. The number of phenols is 1. The van der Waals surface area contributed by atoms with E-state index >= 15 is 0 Å². The molecule has 68 valence electrons. The summed E-state index contributed by atoms with van der Waals surface area (Å²) < 4.78 is 5.27. The summed E-state index contributed by atoms with van der Waals surface area (Å²) in [6.07, 6.45) is 0.188. The third-order valence-electron chi connectivity index (χ3n) is 1.61. The number of benzene rings is 1. The molecule has 0 aliphatic rings. The lowest BCUT2D eigenvalue weighted by molar-refractivity contribution is 0.251. The molecule has 0 heterocycles. The van der Waals surface area contributed by atoms with E-state index < -0.39 is 6.10 Å². The zero-order chi connectivity index (χ0) is 9.68. The monoisotopic (exact) mass is 177 g/mol. The van der Waals surface area contributed by atoms with Crippen LogP contribution in [0.5, 0.6) is 11.5 Å². The third kappa shape index (κ3) is 2.68. The van der Waals surface area contributed by atoms with Gasteiger partial charge in [0.2, 0.25) is 0 Å². The highest BCUT2D eigenvalue weighted by molar-refractivity contribution is 5.32. The number of nitriles is 1. The number of aromatic hydroxyl groups is 1. The minimum atomic E-state index is -0.443. The summed E-state index contributed by atoms with van der Waals surface area (Å²) in [4.78, 5) is 0.